The number of amides is 2. The molecule has 2 aliphatic rings. The molecule has 2 aliphatic heterocycles. The Morgan fingerprint density at radius 1 is 1.33 bits per heavy atom. The molecule has 1 aromatic heterocycles. The number of nitrogens with one attached hydrogen (secondary N) is 2. The number of aryl methyl sites for hydroxylation is 1. The number of aliphatic hydroxyl groups excluding tert-OH is 1. The number of hydrogen-bond acceptors (Lipinski definition) is 3. The molecule has 1 aromatic carbocycles. The third kappa shape index (κ3) is 3.34. The van der Waals surface area contributed by atoms with Gasteiger partial charge in [-0.05, 0) is 43.7 Å². The highest BCUT2D eigenvalue weighted by Crippen LogP contribution is 2.37. The zero-order chi connectivity index (χ0) is 18.9. The second kappa shape index (κ2) is 7.35. The standard InChI is InChI=1S/C21H27N3O3/c25-18-9-12-24(14-21(18)10-4-11-22-20(21)27)19(26)8-3-5-15-13-23-17-7-2-1-6-16(15)17/h1-2,6-7,13,18,23,25H,3-5,8-12,14H2,(H,22,27)/t18-,21+/m0/s1. The summed E-state index contributed by atoms with van der Waals surface area (Å²) in [7, 11) is 0. The van der Waals surface area contributed by atoms with E-state index in [1.165, 1.54) is 10.9 Å². The molecule has 0 unspecified atom stereocenters. The van der Waals surface area contributed by atoms with E-state index in [1.807, 2.05) is 18.3 Å². The molecule has 6 nitrogen and oxygen atoms in total. The van der Waals surface area contributed by atoms with Gasteiger partial charge in [-0.15, -0.1) is 0 Å². The van der Waals surface area contributed by atoms with Gasteiger partial charge in [0.15, 0.2) is 0 Å². The van der Waals surface area contributed by atoms with Gasteiger partial charge in [0.25, 0.3) is 0 Å². The van der Waals surface area contributed by atoms with Gasteiger partial charge < -0.3 is 20.3 Å². The van der Waals surface area contributed by atoms with Gasteiger partial charge >= 0.3 is 0 Å². The normalized spacial score (nSPS) is 25.7. The second-order valence-electron chi connectivity index (χ2n) is 7.85. The van der Waals surface area contributed by atoms with Gasteiger partial charge in [-0.3, -0.25) is 9.59 Å². The Bertz CT molecular complexity index is 846. The summed E-state index contributed by atoms with van der Waals surface area (Å²) in [6.07, 6.45) is 5.43. The molecule has 0 aliphatic carbocycles. The average molecular weight is 369 g/mol. The maximum Gasteiger partial charge on any atom is 0.230 e. The van der Waals surface area contributed by atoms with Crippen LogP contribution in [0.4, 0.5) is 0 Å². The average Bonchev–Trinajstić information content (AvgIpc) is 3.09. The second-order valence-corrected chi connectivity index (χ2v) is 7.85. The first-order valence-electron chi connectivity index (χ1n) is 9.89. The number of aromatic amines is 1. The third-order valence-electron chi connectivity index (χ3n) is 6.19. The topological polar surface area (TPSA) is 85.4 Å². The molecule has 2 atom stereocenters. The SMILES string of the molecule is O=C(CCCc1c[nH]c2ccccc12)N1CC[C@H](O)[C@@]2(CCCNC2=O)C1. The van der Waals surface area contributed by atoms with Crippen molar-refractivity contribution in [2.45, 2.75) is 44.6 Å². The van der Waals surface area contributed by atoms with E-state index in [0.717, 1.165) is 24.8 Å². The first kappa shape index (κ1) is 18.0. The molecule has 2 amide bonds. The number of carbonyl (C=O) groups excluding carboxylic acids is 2. The van der Waals surface area contributed by atoms with E-state index in [9.17, 15) is 14.7 Å². The molecule has 0 radical (unpaired) electrons. The highest BCUT2D eigenvalue weighted by Gasteiger charge is 2.50. The van der Waals surface area contributed by atoms with Crippen molar-refractivity contribution in [2.75, 3.05) is 19.6 Å². The van der Waals surface area contributed by atoms with Crippen LogP contribution in [0.3, 0.4) is 0 Å². The van der Waals surface area contributed by atoms with Crippen LogP contribution in [0.1, 0.15) is 37.7 Å². The third-order valence-corrected chi connectivity index (χ3v) is 6.19. The lowest BCUT2D eigenvalue weighted by Crippen LogP contribution is -2.62. The number of aromatic nitrogens is 1. The Labute approximate surface area is 158 Å². The first-order chi connectivity index (χ1) is 13.1. The van der Waals surface area contributed by atoms with Gasteiger partial charge in [0.05, 0.1) is 11.5 Å². The van der Waals surface area contributed by atoms with E-state index in [4.69, 9.17) is 0 Å². The van der Waals surface area contributed by atoms with Crippen molar-refractivity contribution in [1.82, 2.24) is 15.2 Å². The van der Waals surface area contributed by atoms with Gasteiger partial charge in [0.2, 0.25) is 11.8 Å². The van der Waals surface area contributed by atoms with E-state index >= 15 is 0 Å². The van der Waals surface area contributed by atoms with Crippen molar-refractivity contribution in [2.24, 2.45) is 5.41 Å². The van der Waals surface area contributed by atoms with E-state index in [1.54, 1.807) is 4.90 Å². The summed E-state index contributed by atoms with van der Waals surface area (Å²) < 4.78 is 0. The Morgan fingerprint density at radius 2 is 2.19 bits per heavy atom. The smallest absolute Gasteiger partial charge is 0.230 e. The molecule has 4 rings (SSSR count). The van der Waals surface area contributed by atoms with E-state index in [2.05, 4.69) is 22.4 Å². The van der Waals surface area contributed by atoms with Crippen LogP contribution in [0.15, 0.2) is 30.5 Å². The molecule has 3 heterocycles. The van der Waals surface area contributed by atoms with Crippen molar-refractivity contribution in [3.05, 3.63) is 36.0 Å². The Balaban J connectivity index is 1.36. The maximum atomic E-state index is 12.7. The number of piperidine rings is 2. The molecule has 1 spiro atoms. The fourth-order valence-corrected chi connectivity index (χ4v) is 4.58. The van der Waals surface area contributed by atoms with Crippen molar-refractivity contribution in [1.29, 1.82) is 0 Å². The number of aliphatic hydroxyl groups is 1. The summed E-state index contributed by atoms with van der Waals surface area (Å²) in [5.41, 5.74) is 1.54. The zero-order valence-corrected chi connectivity index (χ0v) is 15.5. The van der Waals surface area contributed by atoms with Crippen molar-refractivity contribution < 1.29 is 14.7 Å². The van der Waals surface area contributed by atoms with Crippen LogP contribution in [-0.2, 0) is 16.0 Å². The number of carbonyl (C=O) groups is 2. The highest BCUT2D eigenvalue weighted by atomic mass is 16.3. The van der Waals surface area contributed by atoms with Gasteiger partial charge in [0, 0.05) is 43.2 Å². The summed E-state index contributed by atoms with van der Waals surface area (Å²) >= 11 is 0. The number of likely N-dealkylation sites (tertiary alicyclic amines) is 1. The minimum atomic E-state index is -0.816. The predicted molar refractivity (Wildman–Crippen MR) is 103 cm³/mol. The lowest BCUT2D eigenvalue weighted by atomic mass is 9.71. The summed E-state index contributed by atoms with van der Waals surface area (Å²) in [6.45, 7) is 1.53. The fourth-order valence-electron chi connectivity index (χ4n) is 4.58. The summed E-state index contributed by atoms with van der Waals surface area (Å²) in [4.78, 5) is 30.2. The van der Waals surface area contributed by atoms with Crippen LogP contribution < -0.4 is 5.32 Å². The van der Waals surface area contributed by atoms with Gasteiger partial charge in [-0.2, -0.15) is 0 Å². The van der Waals surface area contributed by atoms with Crippen molar-refractivity contribution in [3.8, 4) is 0 Å². The van der Waals surface area contributed by atoms with Crippen LogP contribution in [0, 0.1) is 5.41 Å². The Kier molecular flexibility index (Phi) is 4.91. The summed E-state index contributed by atoms with van der Waals surface area (Å²) in [5.74, 6) is -0.0166. The van der Waals surface area contributed by atoms with Crippen molar-refractivity contribution in [3.63, 3.8) is 0 Å². The number of rotatable bonds is 4. The lowest BCUT2D eigenvalue weighted by molar-refractivity contribution is -0.154. The molecule has 0 bridgehead atoms. The minimum absolute atomic E-state index is 0.0829. The largest absolute Gasteiger partial charge is 0.392 e. The Hall–Kier alpha value is -2.34. The van der Waals surface area contributed by atoms with Gasteiger partial charge in [-0.25, -0.2) is 0 Å². The number of fused-ring (bicyclic) bond motifs is 1. The van der Waals surface area contributed by atoms with Crippen LogP contribution in [0.2, 0.25) is 0 Å². The van der Waals surface area contributed by atoms with Crippen LogP contribution >= 0.6 is 0 Å². The van der Waals surface area contributed by atoms with Crippen molar-refractivity contribution >= 4 is 22.7 Å². The quantitative estimate of drug-likeness (QED) is 0.770. The van der Waals surface area contributed by atoms with Gasteiger partial charge in [0.1, 0.15) is 0 Å². The monoisotopic (exact) mass is 369 g/mol. The molecular formula is C21H27N3O3. The lowest BCUT2D eigenvalue weighted by Gasteiger charge is -2.46. The molecule has 0 saturated carbocycles. The molecule has 2 aromatic rings. The minimum Gasteiger partial charge on any atom is -0.392 e. The molecule has 2 saturated heterocycles. The summed E-state index contributed by atoms with van der Waals surface area (Å²) in [6, 6.07) is 8.19. The molecule has 27 heavy (non-hydrogen) atoms. The zero-order valence-electron chi connectivity index (χ0n) is 15.5. The molecular weight excluding hydrogens is 342 g/mol. The molecule has 144 valence electrons. The molecule has 3 N–H and O–H groups in total. The summed E-state index contributed by atoms with van der Waals surface area (Å²) in [5, 5.41) is 14.5. The number of benzene rings is 1. The van der Waals surface area contributed by atoms with Crippen LogP contribution in [0.5, 0.6) is 0 Å². The van der Waals surface area contributed by atoms with Crippen LogP contribution in [-0.4, -0.2) is 52.5 Å². The van der Waals surface area contributed by atoms with E-state index in [-0.39, 0.29) is 11.8 Å². The maximum absolute atomic E-state index is 12.7. The fraction of sp³-hybridized carbons (Fsp3) is 0.524. The Morgan fingerprint density at radius 3 is 3.04 bits per heavy atom. The van der Waals surface area contributed by atoms with Gasteiger partial charge in [-0.1, -0.05) is 18.2 Å². The number of nitrogens with zero attached hydrogens (tertiary/aromatic N) is 1. The molecule has 6 heteroatoms. The van der Waals surface area contributed by atoms with E-state index < -0.39 is 11.5 Å². The van der Waals surface area contributed by atoms with Crippen LogP contribution in [0.25, 0.3) is 10.9 Å². The highest BCUT2D eigenvalue weighted by molar-refractivity contribution is 5.86. The number of para-hydroxylation sites is 1. The van der Waals surface area contributed by atoms with E-state index in [0.29, 0.717) is 38.9 Å². The first-order valence-corrected chi connectivity index (χ1v) is 9.89. The number of H-pyrrole nitrogens is 1. The number of hydrogen-bond donors (Lipinski definition) is 3. The predicted octanol–water partition coefficient (Wildman–Crippen LogP) is 1.98. The molecule has 2 fully saturated rings.